The second-order valence-electron chi connectivity index (χ2n) is 5.11. The van der Waals surface area contributed by atoms with Gasteiger partial charge in [-0.3, -0.25) is 0 Å². The summed E-state index contributed by atoms with van der Waals surface area (Å²) in [6.07, 6.45) is 2.59. The molecule has 1 aliphatic heterocycles. The minimum Gasteiger partial charge on any atom is -0.334 e. The summed E-state index contributed by atoms with van der Waals surface area (Å²) in [4.78, 5) is 16.1. The Morgan fingerprint density at radius 3 is 2.63 bits per heavy atom. The lowest BCUT2D eigenvalue weighted by Gasteiger charge is -2.21. The first kappa shape index (κ1) is 13.9. The van der Waals surface area contributed by atoms with Gasteiger partial charge in [0, 0.05) is 26.7 Å². The van der Waals surface area contributed by atoms with Crippen LogP contribution >= 0.6 is 0 Å². The molecule has 1 fully saturated rings. The van der Waals surface area contributed by atoms with Gasteiger partial charge in [-0.2, -0.15) is 0 Å². The smallest absolute Gasteiger partial charge is 0.317 e. The van der Waals surface area contributed by atoms with Crippen molar-refractivity contribution in [3.8, 4) is 0 Å². The molecule has 1 N–H and O–H groups in total. The lowest BCUT2D eigenvalue weighted by atomic mass is 10.2. The summed E-state index contributed by atoms with van der Waals surface area (Å²) in [5, 5.41) is 2.94. The van der Waals surface area contributed by atoms with Crippen LogP contribution in [0.25, 0.3) is 0 Å². The number of carbonyl (C=O) groups excluding carboxylic acids is 1. The van der Waals surface area contributed by atoms with Crippen molar-refractivity contribution in [3.05, 3.63) is 35.9 Å². The Labute approximate surface area is 115 Å². The van der Waals surface area contributed by atoms with Crippen LogP contribution in [0, 0.1) is 0 Å². The quantitative estimate of drug-likeness (QED) is 0.879. The van der Waals surface area contributed by atoms with Crippen molar-refractivity contribution in [1.29, 1.82) is 0 Å². The Bertz CT molecular complexity index is 388. The van der Waals surface area contributed by atoms with Gasteiger partial charge in [-0.05, 0) is 31.5 Å². The van der Waals surface area contributed by atoms with Crippen molar-refractivity contribution in [3.63, 3.8) is 0 Å². The topological polar surface area (TPSA) is 35.6 Å². The zero-order chi connectivity index (χ0) is 13.5. The van der Waals surface area contributed by atoms with Gasteiger partial charge in [0.05, 0.1) is 0 Å². The van der Waals surface area contributed by atoms with Crippen molar-refractivity contribution >= 4 is 6.03 Å². The van der Waals surface area contributed by atoms with E-state index in [4.69, 9.17) is 0 Å². The molecule has 4 heteroatoms. The first-order chi connectivity index (χ1) is 9.25. The van der Waals surface area contributed by atoms with E-state index in [-0.39, 0.29) is 6.03 Å². The second kappa shape index (κ2) is 7.14. The van der Waals surface area contributed by atoms with Gasteiger partial charge >= 0.3 is 6.03 Å². The molecule has 104 valence electrons. The van der Waals surface area contributed by atoms with Gasteiger partial charge in [0.25, 0.3) is 0 Å². The molecule has 1 aromatic carbocycles. The molecule has 1 saturated heterocycles. The fraction of sp³-hybridized carbons (Fsp3) is 0.533. The fourth-order valence-electron chi connectivity index (χ4n) is 2.31. The van der Waals surface area contributed by atoms with Crippen molar-refractivity contribution in [2.45, 2.75) is 19.4 Å². The first-order valence-electron chi connectivity index (χ1n) is 7.01. The molecular weight excluding hydrogens is 238 g/mol. The van der Waals surface area contributed by atoms with Gasteiger partial charge in [0.15, 0.2) is 0 Å². The number of likely N-dealkylation sites (N-methyl/N-ethyl adjacent to an activating group) is 1. The maximum Gasteiger partial charge on any atom is 0.317 e. The molecule has 0 radical (unpaired) electrons. The summed E-state index contributed by atoms with van der Waals surface area (Å²) in [5.74, 6) is 0. The number of amides is 2. The molecule has 1 heterocycles. The van der Waals surface area contributed by atoms with E-state index in [1.165, 1.54) is 25.9 Å². The molecule has 0 bridgehead atoms. The summed E-state index contributed by atoms with van der Waals surface area (Å²) in [7, 11) is 1.86. The fourth-order valence-corrected chi connectivity index (χ4v) is 2.31. The minimum absolute atomic E-state index is 0.00282. The predicted octanol–water partition coefficient (Wildman–Crippen LogP) is 1.92. The van der Waals surface area contributed by atoms with Gasteiger partial charge in [0.2, 0.25) is 0 Å². The van der Waals surface area contributed by atoms with Gasteiger partial charge < -0.3 is 15.1 Å². The Hall–Kier alpha value is -1.55. The Kier molecular flexibility index (Phi) is 5.21. The Morgan fingerprint density at radius 2 is 1.95 bits per heavy atom. The molecule has 0 aliphatic carbocycles. The predicted molar refractivity (Wildman–Crippen MR) is 77.0 cm³/mol. The van der Waals surface area contributed by atoms with Gasteiger partial charge in [-0.25, -0.2) is 4.79 Å². The van der Waals surface area contributed by atoms with Crippen LogP contribution in [0.3, 0.4) is 0 Å². The van der Waals surface area contributed by atoms with Crippen molar-refractivity contribution < 1.29 is 4.79 Å². The maximum absolute atomic E-state index is 11.9. The molecule has 1 aliphatic rings. The summed E-state index contributed by atoms with van der Waals surface area (Å²) >= 11 is 0. The van der Waals surface area contributed by atoms with Crippen LogP contribution in [0.2, 0.25) is 0 Å². The highest BCUT2D eigenvalue weighted by Crippen LogP contribution is 2.06. The third-order valence-electron chi connectivity index (χ3n) is 3.58. The molecule has 19 heavy (non-hydrogen) atoms. The number of carbonyl (C=O) groups is 1. The van der Waals surface area contributed by atoms with Crippen LogP contribution < -0.4 is 5.32 Å². The largest absolute Gasteiger partial charge is 0.334 e. The molecule has 2 amide bonds. The minimum atomic E-state index is 0.00282. The van der Waals surface area contributed by atoms with Gasteiger partial charge in [-0.1, -0.05) is 30.3 Å². The summed E-state index contributed by atoms with van der Waals surface area (Å²) in [6, 6.07) is 9.99. The van der Waals surface area contributed by atoms with Crippen molar-refractivity contribution in [2.75, 3.05) is 33.2 Å². The molecule has 0 saturated carbocycles. The lowest BCUT2D eigenvalue weighted by Crippen LogP contribution is -2.40. The van der Waals surface area contributed by atoms with Crippen LogP contribution in [0.4, 0.5) is 4.79 Å². The van der Waals surface area contributed by atoms with Crippen LogP contribution in [-0.4, -0.2) is 49.1 Å². The highest BCUT2D eigenvalue weighted by Gasteiger charge is 2.13. The average Bonchev–Trinajstić information content (AvgIpc) is 2.96. The number of hydrogen-bond acceptors (Lipinski definition) is 2. The second-order valence-corrected chi connectivity index (χ2v) is 5.11. The Morgan fingerprint density at radius 1 is 1.26 bits per heavy atom. The maximum atomic E-state index is 11.9. The van der Waals surface area contributed by atoms with Crippen LogP contribution in [0.5, 0.6) is 0 Å². The molecule has 1 aromatic rings. The summed E-state index contributed by atoms with van der Waals surface area (Å²) in [5.41, 5.74) is 1.13. The molecule has 0 unspecified atom stereocenters. The number of urea groups is 1. The first-order valence-corrected chi connectivity index (χ1v) is 7.01. The van der Waals surface area contributed by atoms with Gasteiger partial charge in [0.1, 0.15) is 0 Å². The van der Waals surface area contributed by atoms with E-state index in [9.17, 15) is 4.79 Å². The van der Waals surface area contributed by atoms with E-state index < -0.39 is 0 Å². The van der Waals surface area contributed by atoms with E-state index >= 15 is 0 Å². The van der Waals surface area contributed by atoms with E-state index in [0.717, 1.165) is 18.7 Å². The number of benzene rings is 1. The number of hydrogen-bond donors (Lipinski definition) is 1. The molecular formula is C15H23N3O. The molecule has 0 aromatic heterocycles. The Balaban J connectivity index is 1.67. The van der Waals surface area contributed by atoms with E-state index in [0.29, 0.717) is 6.54 Å². The molecule has 0 spiro atoms. The number of rotatable bonds is 5. The third-order valence-corrected chi connectivity index (χ3v) is 3.58. The number of nitrogens with one attached hydrogen (secondary N) is 1. The molecule has 0 atom stereocenters. The molecule has 4 nitrogen and oxygen atoms in total. The van der Waals surface area contributed by atoms with E-state index in [2.05, 4.69) is 10.2 Å². The van der Waals surface area contributed by atoms with Crippen LogP contribution in [0.1, 0.15) is 18.4 Å². The zero-order valence-corrected chi connectivity index (χ0v) is 11.6. The van der Waals surface area contributed by atoms with Crippen molar-refractivity contribution in [2.24, 2.45) is 0 Å². The van der Waals surface area contributed by atoms with Crippen LogP contribution in [-0.2, 0) is 6.54 Å². The van der Waals surface area contributed by atoms with E-state index in [1.807, 2.05) is 37.4 Å². The normalized spacial score (nSPS) is 15.4. The third kappa shape index (κ3) is 4.56. The summed E-state index contributed by atoms with van der Waals surface area (Å²) in [6.45, 7) is 4.72. The number of likely N-dealkylation sites (tertiary alicyclic amines) is 1. The average molecular weight is 261 g/mol. The van der Waals surface area contributed by atoms with E-state index in [1.54, 1.807) is 4.90 Å². The SMILES string of the molecule is CN(CCN1CCCC1)C(=O)NCc1ccccc1. The highest BCUT2D eigenvalue weighted by molar-refractivity contribution is 5.73. The highest BCUT2D eigenvalue weighted by atomic mass is 16.2. The standard InChI is InChI=1S/C15H23N3O/c1-17(11-12-18-9-5-6-10-18)15(19)16-13-14-7-3-2-4-8-14/h2-4,7-8H,5-6,9-13H2,1H3,(H,16,19). The van der Waals surface area contributed by atoms with Crippen molar-refractivity contribution in [1.82, 2.24) is 15.1 Å². The lowest BCUT2D eigenvalue weighted by molar-refractivity contribution is 0.200. The monoisotopic (exact) mass is 261 g/mol. The zero-order valence-electron chi connectivity index (χ0n) is 11.6. The summed E-state index contributed by atoms with van der Waals surface area (Å²) < 4.78 is 0. The molecule has 2 rings (SSSR count). The van der Waals surface area contributed by atoms with Crippen LogP contribution in [0.15, 0.2) is 30.3 Å². The van der Waals surface area contributed by atoms with Gasteiger partial charge in [-0.15, -0.1) is 0 Å². The number of nitrogens with zero attached hydrogens (tertiary/aromatic N) is 2.